The third-order valence-electron chi connectivity index (χ3n) is 1.90. The first-order valence-electron chi connectivity index (χ1n) is 4.71. The van der Waals surface area contributed by atoms with Gasteiger partial charge in [0.15, 0.2) is 0 Å². The predicted octanol–water partition coefficient (Wildman–Crippen LogP) is 3.18. The molecule has 0 radical (unpaired) electrons. The molecule has 0 fully saturated rings. The molecule has 1 atom stereocenters. The van der Waals surface area contributed by atoms with Crippen LogP contribution in [0.4, 0.5) is 4.39 Å². The zero-order chi connectivity index (χ0) is 9.84. The molecular formula is C11H15FO. The summed E-state index contributed by atoms with van der Waals surface area (Å²) >= 11 is 0. The minimum atomic E-state index is -0.146. The van der Waals surface area contributed by atoms with Crippen molar-refractivity contribution in [3.8, 4) is 5.75 Å². The number of benzene rings is 1. The number of halogens is 1. The van der Waals surface area contributed by atoms with Gasteiger partial charge >= 0.3 is 0 Å². The Morgan fingerprint density at radius 2 is 2.08 bits per heavy atom. The first kappa shape index (κ1) is 10.0. The largest absolute Gasteiger partial charge is 0.490 e. The molecule has 0 saturated carbocycles. The Morgan fingerprint density at radius 1 is 1.38 bits per heavy atom. The standard InChI is InChI=1S/C9H9FO.C2H6/c1-6-5-7-8(10)3-2-4-9(7)11-6;1-2/h2-4,6H,5H2,1H3;1-2H3. The van der Waals surface area contributed by atoms with E-state index in [1.165, 1.54) is 6.07 Å². The molecule has 1 aromatic carbocycles. The lowest BCUT2D eigenvalue weighted by atomic mass is 10.1. The Balaban J connectivity index is 0.000000396. The summed E-state index contributed by atoms with van der Waals surface area (Å²) in [6.45, 7) is 5.94. The highest BCUT2D eigenvalue weighted by atomic mass is 19.1. The van der Waals surface area contributed by atoms with Crippen molar-refractivity contribution >= 4 is 0 Å². The van der Waals surface area contributed by atoms with Gasteiger partial charge in [-0.1, -0.05) is 19.9 Å². The van der Waals surface area contributed by atoms with Crippen molar-refractivity contribution in [3.05, 3.63) is 29.6 Å². The lowest BCUT2D eigenvalue weighted by molar-refractivity contribution is 0.254. The molecule has 1 aromatic rings. The van der Waals surface area contributed by atoms with Crippen LogP contribution in [0.2, 0.25) is 0 Å². The number of ether oxygens (including phenoxy) is 1. The fraction of sp³-hybridized carbons (Fsp3) is 0.455. The van der Waals surface area contributed by atoms with Crippen LogP contribution in [0.3, 0.4) is 0 Å². The summed E-state index contributed by atoms with van der Waals surface area (Å²) in [5.74, 6) is 0.560. The maximum absolute atomic E-state index is 13.0. The van der Waals surface area contributed by atoms with E-state index in [9.17, 15) is 4.39 Å². The lowest BCUT2D eigenvalue weighted by Gasteiger charge is -2.00. The summed E-state index contributed by atoms with van der Waals surface area (Å²) < 4.78 is 18.3. The van der Waals surface area contributed by atoms with Crippen molar-refractivity contribution in [1.82, 2.24) is 0 Å². The smallest absolute Gasteiger partial charge is 0.130 e. The van der Waals surface area contributed by atoms with Crippen molar-refractivity contribution in [1.29, 1.82) is 0 Å². The number of hydrogen-bond acceptors (Lipinski definition) is 1. The van der Waals surface area contributed by atoms with Gasteiger partial charge in [-0.15, -0.1) is 0 Å². The SMILES string of the molecule is CC.CC1Cc2c(F)cccc2O1. The molecule has 1 aliphatic rings. The van der Waals surface area contributed by atoms with Crippen LogP contribution in [0.25, 0.3) is 0 Å². The van der Waals surface area contributed by atoms with E-state index in [4.69, 9.17) is 4.74 Å². The number of rotatable bonds is 0. The molecule has 0 amide bonds. The molecule has 0 aromatic heterocycles. The summed E-state index contributed by atoms with van der Waals surface area (Å²) in [6.07, 6.45) is 0.823. The minimum Gasteiger partial charge on any atom is -0.490 e. The van der Waals surface area contributed by atoms with Crippen LogP contribution in [0.1, 0.15) is 26.3 Å². The summed E-state index contributed by atoms with van der Waals surface area (Å²) in [4.78, 5) is 0. The topological polar surface area (TPSA) is 9.23 Å². The van der Waals surface area contributed by atoms with Gasteiger partial charge in [-0.05, 0) is 19.1 Å². The van der Waals surface area contributed by atoms with Gasteiger partial charge in [0, 0.05) is 12.0 Å². The van der Waals surface area contributed by atoms with Crippen LogP contribution in [-0.4, -0.2) is 6.10 Å². The summed E-state index contributed by atoms with van der Waals surface area (Å²) in [5.41, 5.74) is 0.722. The first-order valence-corrected chi connectivity index (χ1v) is 4.71. The molecule has 2 heteroatoms. The lowest BCUT2D eigenvalue weighted by Crippen LogP contribution is -2.05. The second kappa shape index (κ2) is 4.26. The summed E-state index contributed by atoms with van der Waals surface area (Å²) in [7, 11) is 0. The number of hydrogen-bond donors (Lipinski definition) is 0. The van der Waals surface area contributed by atoms with Crippen molar-refractivity contribution in [2.45, 2.75) is 33.3 Å². The highest BCUT2D eigenvalue weighted by Gasteiger charge is 2.21. The molecular weight excluding hydrogens is 167 g/mol. The van der Waals surface area contributed by atoms with Crippen molar-refractivity contribution in [2.24, 2.45) is 0 Å². The monoisotopic (exact) mass is 182 g/mol. The Bertz CT molecular complexity index is 283. The molecule has 13 heavy (non-hydrogen) atoms. The normalized spacial score (nSPS) is 18.3. The van der Waals surface area contributed by atoms with Gasteiger partial charge in [-0.2, -0.15) is 0 Å². The predicted molar refractivity (Wildman–Crippen MR) is 51.5 cm³/mol. The Hall–Kier alpha value is -1.05. The molecule has 0 N–H and O–H groups in total. The fourth-order valence-electron chi connectivity index (χ4n) is 1.39. The van der Waals surface area contributed by atoms with Gasteiger partial charge < -0.3 is 4.74 Å². The molecule has 0 aliphatic carbocycles. The molecule has 1 nitrogen and oxygen atoms in total. The van der Waals surface area contributed by atoms with Crippen LogP contribution in [-0.2, 0) is 6.42 Å². The van der Waals surface area contributed by atoms with Gasteiger partial charge in [-0.25, -0.2) is 4.39 Å². The average molecular weight is 182 g/mol. The minimum absolute atomic E-state index is 0.127. The summed E-state index contributed by atoms with van der Waals surface area (Å²) in [5, 5.41) is 0. The van der Waals surface area contributed by atoms with Crippen LogP contribution in [0.5, 0.6) is 5.75 Å². The quantitative estimate of drug-likeness (QED) is 0.598. The molecule has 72 valence electrons. The van der Waals surface area contributed by atoms with Crippen LogP contribution in [0, 0.1) is 5.82 Å². The van der Waals surface area contributed by atoms with E-state index in [1.807, 2.05) is 26.8 Å². The number of fused-ring (bicyclic) bond motifs is 1. The van der Waals surface area contributed by atoms with Gasteiger partial charge in [-0.3, -0.25) is 0 Å². The van der Waals surface area contributed by atoms with Crippen LogP contribution in [0.15, 0.2) is 18.2 Å². The second-order valence-electron chi connectivity index (χ2n) is 2.85. The third-order valence-corrected chi connectivity index (χ3v) is 1.90. The molecule has 1 heterocycles. The van der Waals surface area contributed by atoms with E-state index in [0.717, 1.165) is 5.56 Å². The van der Waals surface area contributed by atoms with Crippen LogP contribution < -0.4 is 4.74 Å². The molecule has 0 saturated heterocycles. The summed E-state index contributed by atoms with van der Waals surface area (Å²) in [6, 6.07) is 4.95. The van der Waals surface area contributed by atoms with E-state index >= 15 is 0 Å². The maximum atomic E-state index is 13.0. The van der Waals surface area contributed by atoms with Gasteiger partial charge in [0.25, 0.3) is 0 Å². The van der Waals surface area contributed by atoms with Gasteiger partial charge in [0.2, 0.25) is 0 Å². The Kier molecular flexibility index (Phi) is 3.29. The van der Waals surface area contributed by atoms with Crippen LogP contribution >= 0.6 is 0 Å². The average Bonchev–Trinajstić information content (AvgIpc) is 2.51. The van der Waals surface area contributed by atoms with E-state index in [-0.39, 0.29) is 11.9 Å². The first-order chi connectivity index (χ1) is 6.27. The molecule has 0 bridgehead atoms. The zero-order valence-corrected chi connectivity index (χ0v) is 8.30. The van der Waals surface area contributed by atoms with Gasteiger partial charge in [0.05, 0.1) is 0 Å². The molecule has 1 aliphatic heterocycles. The molecule has 2 rings (SSSR count). The molecule has 1 unspecified atom stereocenters. The molecule has 0 spiro atoms. The fourth-order valence-corrected chi connectivity index (χ4v) is 1.39. The zero-order valence-electron chi connectivity index (χ0n) is 8.30. The van der Waals surface area contributed by atoms with Crippen molar-refractivity contribution < 1.29 is 9.13 Å². The maximum Gasteiger partial charge on any atom is 0.130 e. The van der Waals surface area contributed by atoms with Gasteiger partial charge in [0.1, 0.15) is 17.7 Å². The highest BCUT2D eigenvalue weighted by molar-refractivity contribution is 5.38. The van der Waals surface area contributed by atoms with E-state index in [1.54, 1.807) is 6.07 Å². The van der Waals surface area contributed by atoms with E-state index in [2.05, 4.69) is 0 Å². The second-order valence-corrected chi connectivity index (χ2v) is 2.85. The Labute approximate surface area is 78.5 Å². The third kappa shape index (κ3) is 2.00. The van der Waals surface area contributed by atoms with Crippen molar-refractivity contribution in [2.75, 3.05) is 0 Å². The Morgan fingerprint density at radius 3 is 2.69 bits per heavy atom. The van der Waals surface area contributed by atoms with E-state index in [0.29, 0.717) is 12.2 Å². The highest BCUT2D eigenvalue weighted by Crippen LogP contribution is 2.30. The van der Waals surface area contributed by atoms with E-state index < -0.39 is 0 Å². The van der Waals surface area contributed by atoms with Crippen molar-refractivity contribution in [3.63, 3.8) is 0 Å².